The molecule has 1 heteroatoms. The minimum Gasteiger partial charge on any atom is -0.363 e. The minimum atomic E-state index is 0.614. The molecule has 0 saturated carbocycles. The molecule has 0 spiro atoms. The quantitative estimate of drug-likeness (QED) is 0.557. The number of rotatable bonds is 7. The smallest absolute Gasteiger partial charge is 0.0151 e. The molecule has 0 fully saturated rings. The number of aryl methyl sites for hydroxylation is 2. The van der Waals surface area contributed by atoms with Gasteiger partial charge in [0.25, 0.3) is 0 Å². The summed E-state index contributed by atoms with van der Waals surface area (Å²) in [4.78, 5) is 0. The second kappa shape index (κ2) is 8.90. The van der Waals surface area contributed by atoms with Gasteiger partial charge in [0.05, 0.1) is 0 Å². The van der Waals surface area contributed by atoms with Crippen molar-refractivity contribution in [3.05, 3.63) is 101 Å². The van der Waals surface area contributed by atoms with E-state index in [0.717, 1.165) is 37.8 Å². The van der Waals surface area contributed by atoms with Gasteiger partial charge in [0.15, 0.2) is 0 Å². The Morgan fingerprint density at radius 1 is 1.22 bits per heavy atom. The lowest BCUT2D eigenvalue weighted by atomic mass is 9.91. The summed E-state index contributed by atoms with van der Waals surface area (Å²) in [5.74, 6) is 0.614. The van der Waals surface area contributed by atoms with Gasteiger partial charge < -0.3 is 5.32 Å². The van der Waals surface area contributed by atoms with Gasteiger partial charge in [-0.2, -0.15) is 0 Å². The summed E-state index contributed by atoms with van der Waals surface area (Å²) in [7, 11) is 0. The van der Waals surface area contributed by atoms with Gasteiger partial charge in [-0.25, -0.2) is 0 Å². The standard InChI is InChI=1S/C26H31N/c1-5-22-9-11-23(12-10-22)8-7-21(4)27-25-15-13-24(14-16-25)26-17-6-19(2)18-20(26)3/h5-6,9-11,13,15,17-18,23,27H,1,4,7-8,12,14,16H2,2-3H3. The van der Waals surface area contributed by atoms with Crippen LogP contribution >= 0.6 is 0 Å². The van der Waals surface area contributed by atoms with Gasteiger partial charge in [-0.15, -0.1) is 0 Å². The zero-order valence-electron chi connectivity index (χ0n) is 16.7. The van der Waals surface area contributed by atoms with E-state index >= 15 is 0 Å². The average Bonchev–Trinajstić information content (AvgIpc) is 2.68. The van der Waals surface area contributed by atoms with Crippen LogP contribution in [0.5, 0.6) is 0 Å². The van der Waals surface area contributed by atoms with Crippen LogP contribution in [0.1, 0.15) is 48.8 Å². The van der Waals surface area contributed by atoms with E-state index in [1.807, 2.05) is 6.08 Å². The Bertz CT molecular complexity index is 845. The first-order valence-electron chi connectivity index (χ1n) is 9.98. The monoisotopic (exact) mass is 357 g/mol. The molecule has 1 atom stereocenters. The summed E-state index contributed by atoms with van der Waals surface area (Å²) < 4.78 is 0. The molecule has 2 aliphatic rings. The van der Waals surface area contributed by atoms with Crippen molar-refractivity contribution in [3.63, 3.8) is 0 Å². The first kappa shape index (κ1) is 19.2. The van der Waals surface area contributed by atoms with Gasteiger partial charge in [0, 0.05) is 11.4 Å². The Morgan fingerprint density at radius 2 is 2.07 bits per heavy atom. The fourth-order valence-electron chi connectivity index (χ4n) is 3.84. The van der Waals surface area contributed by atoms with Crippen molar-refractivity contribution in [2.75, 3.05) is 0 Å². The Morgan fingerprint density at radius 3 is 2.70 bits per heavy atom. The lowest BCUT2D eigenvalue weighted by Crippen LogP contribution is -2.14. The van der Waals surface area contributed by atoms with Gasteiger partial charge in [0.2, 0.25) is 0 Å². The predicted octanol–water partition coefficient (Wildman–Crippen LogP) is 6.94. The number of nitrogens with one attached hydrogen (secondary N) is 1. The Labute approximate surface area is 164 Å². The maximum atomic E-state index is 4.24. The zero-order valence-corrected chi connectivity index (χ0v) is 16.7. The first-order chi connectivity index (χ1) is 13.0. The fraction of sp³-hybridized carbons (Fsp3) is 0.308. The molecule has 0 radical (unpaired) electrons. The van der Waals surface area contributed by atoms with E-state index in [1.165, 1.54) is 33.5 Å². The summed E-state index contributed by atoms with van der Waals surface area (Å²) in [5.41, 5.74) is 9.14. The summed E-state index contributed by atoms with van der Waals surface area (Å²) in [6.07, 6.45) is 18.6. The molecule has 1 nitrogen and oxygen atoms in total. The summed E-state index contributed by atoms with van der Waals surface area (Å²) >= 11 is 0. The molecule has 1 unspecified atom stereocenters. The van der Waals surface area contributed by atoms with Crippen molar-refractivity contribution >= 4 is 5.57 Å². The van der Waals surface area contributed by atoms with Crippen LogP contribution in [-0.4, -0.2) is 0 Å². The average molecular weight is 358 g/mol. The number of hydrogen-bond donors (Lipinski definition) is 1. The van der Waals surface area contributed by atoms with Crippen molar-refractivity contribution in [1.29, 1.82) is 0 Å². The van der Waals surface area contributed by atoms with Crippen molar-refractivity contribution in [2.45, 2.75) is 46.0 Å². The molecular formula is C26H31N. The first-order valence-corrected chi connectivity index (χ1v) is 9.98. The van der Waals surface area contributed by atoms with E-state index in [-0.39, 0.29) is 0 Å². The van der Waals surface area contributed by atoms with E-state index < -0.39 is 0 Å². The highest BCUT2D eigenvalue weighted by molar-refractivity contribution is 5.71. The van der Waals surface area contributed by atoms with E-state index in [9.17, 15) is 0 Å². The number of benzene rings is 1. The zero-order chi connectivity index (χ0) is 19.2. The minimum absolute atomic E-state index is 0.614. The molecule has 0 bridgehead atoms. The van der Waals surface area contributed by atoms with Gasteiger partial charge in [0.1, 0.15) is 0 Å². The third-order valence-corrected chi connectivity index (χ3v) is 5.48. The molecule has 0 aliphatic heterocycles. The topological polar surface area (TPSA) is 12.0 Å². The second-order valence-electron chi connectivity index (χ2n) is 7.73. The van der Waals surface area contributed by atoms with Crippen LogP contribution < -0.4 is 5.32 Å². The van der Waals surface area contributed by atoms with Crippen LogP contribution in [-0.2, 0) is 0 Å². The maximum Gasteiger partial charge on any atom is 0.0151 e. The SMILES string of the molecule is C=CC1=CCC(CCC(=C)NC2=CC=C(c3ccc(C)cc3C)CC2)C=C1. The van der Waals surface area contributed by atoms with Gasteiger partial charge in [-0.3, -0.25) is 0 Å². The van der Waals surface area contributed by atoms with Crippen LogP contribution in [0.3, 0.4) is 0 Å². The fourth-order valence-corrected chi connectivity index (χ4v) is 3.84. The summed E-state index contributed by atoms with van der Waals surface area (Å²) in [5, 5.41) is 3.54. The molecule has 0 amide bonds. The molecule has 2 aliphatic carbocycles. The van der Waals surface area contributed by atoms with Crippen molar-refractivity contribution in [1.82, 2.24) is 5.32 Å². The van der Waals surface area contributed by atoms with Crippen LogP contribution in [0.2, 0.25) is 0 Å². The van der Waals surface area contributed by atoms with E-state index in [2.05, 4.69) is 80.9 Å². The molecule has 3 rings (SSSR count). The van der Waals surface area contributed by atoms with Gasteiger partial charge in [-0.1, -0.05) is 67.3 Å². The summed E-state index contributed by atoms with van der Waals surface area (Å²) in [6.45, 7) is 12.4. The lowest BCUT2D eigenvalue weighted by molar-refractivity contribution is 0.579. The Hall–Kier alpha value is -2.54. The number of hydrogen-bond acceptors (Lipinski definition) is 1. The predicted molar refractivity (Wildman–Crippen MR) is 118 cm³/mol. The molecular weight excluding hydrogens is 326 g/mol. The van der Waals surface area contributed by atoms with Crippen molar-refractivity contribution in [3.8, 4) is 0 Å². The maximum absolute atomic E-state index is 4.24. The molecule has 1 aromatic carbocycles. The Kier molecular flexibility index (Phi) is 6.34. The third kappa shape index (κ3) is 5.23. The van der Waals surface area contributed by atoms with Crippen LogP contribution in [0, 0.1) is 19.8 Å². The van der Waals surface area contributed by atoms with Crippen molar-refractivity contribution < 1.29 is 0 Å². The molecule has 140 valence electrons. The third-order valence-electron chi connectivity index (χ3n) is 5.48. The largest absolute Gasteiger partial charge is 0.363 e. The molecule has 0 aromatic heterocycles. The normalized spacial score (nSPS) is 19.0. The van der Waals surface area contributed by atoms with Crippen LogP contribution in [0.25, 0.3) is 5.57 Å². The summed E-state index contributed by atoms with van der Waals surface area (Å²) in [6, 6.07) is 6.73. The highest BCUT2D eigenvalue weighted by Gasteiger charge is 2.12. The van der Waals surface area contributed by atoms with Crippen LogP contribution in [0.15, 0.2) is 84.8 Å². The molecule has 1 aromatic rings. The van der Waals surface area contributed by atoms with E-state index in [0.29, 0.717) is 5.92 Å². The Balaban J connectivity index is 1.51. The number of allylic oxidation sites excluding steroid dienone is 10. The highest BCUT2D eigenvalue weighted by Crippen LogP contribution is 2.29. The molecule has 27 heavy (non-hydrogen) atoms. The van der Waals surface area contributed by atoms with Crippen LogP contribution in [0.4, 0.5) is 0 Å². The highest BCUT2D eigenvalue weighted by atomic mass is 14.9. The molecule has 1 N–H and O–H groups in total. The van der Waals surface area contributed by atoms with Gasteiger partial charge in [-0.05, 0) is 80.2 Å². The molecule has 0 heterocycles. The van der Waals surface area contributed by atoms with Crippen molar-refractivity contribution in [2.24, 2.45) is 5.92 Å². The lowest BCUT2D eigenvalue weighted by Gasteiger charge is -2.20. The second-order valence-corrected chi connectivity index (χ2v) is 7.73. The van der Waals surface area contributed by atoms with E-state index in [1.54, 1.807) is 0 Å². The van der Waals surface area contributed by atoms with Gasteiger partial charge >= 0.3 is 0 Å². The van der Waals surface area contributed by atoms with E-state index in [4.69, 9.17) is 0 Å². The molecule has 0 saturated heterocycles.